The lowest BCUT2D eigenvalue weighted by Crippen LogP contribution is -2.32. The van der Waals surface area contributed by atoms with Crippen LogP contribution in [-0.2, 0) is 6.42 Å². The standard InChI is InChI=1S/C14H20N2OS2/c1-14(2)6-9-12(11(17)7-14)19-13(15-9)10-8-18-5-4-16(10)3/h10H,4-8H2,1-3H3. The van der Waals surface area contributed by atoms with Gasteiger partial charge in [0.15, 0.2) is 5.78 Å². The average Bonchev–Trinajstić information content (AvgIpc) is 2.71. The quantitative estimate of drug-likeness (QED) is 0.797. The number of thioether (sulfide) groups is 1. The highest BCUT2D eigenvalue weighted by Gasteiger charge is 2.35. The van der Waals surface area contributed by atoms with Gasteiger partial charge in [0.2, 0.25) is 0 Å². The molecule has 1 aromatic rings. The Bertz CT molecular complexity index is 510. The molecule has 19 heavy (non-hydrogen) atoms. The molecule has 1 aliphatic carbocycles. The molecule has 2 aliphatic rings. The van der Waals surface area contributed by atoms with Crippen LogP contribution in [0.2, 0.25) is 0 Å². The topological polar surface area (TPSA) is 33.2 Å². The molecule has 1 unspecified atom stereocenters. The highest BCUT2D eigenvalue weighted by atomic mass is 32.2. The Balaban J connectivity index is 1.92. The first-order valence-corrected chi connectivity index (χ1v) is 8.74. The Labute approximate surface area is 122 Å². The van der Waals surface area contributed by atoms with Gasteiger partial charge in [-0.3, -0.25) is 9.69 Å². The van der Waals surface area contributed by atoms with Crippen molar-refractivity contribution in [3.05, 3.63) is 15.6 Å². The van der Waals surface area contributed by atoms with Gasteiger partial charge in [-0.25, -0.2) is 4.98 Å². The van der Waals surface area contributed by atoms with Gasteiger partial charge in [-0.1, -0.05) is 13.8 Å². The third-order valence-electron chi connectivity index (χ3n) is 3.93. The fraction of sp³-hybridized carbons (Fsp3) is 0.714. The number of carbonyl (C=O) groups excluding carboxylic acids is 1. The number of hydrogen-bond donors (Lipinski definition) is 0. The molecule has 1 atom stereocenters. The van der Waals surface area contributed by atoms with Crippen molar-refractivity contribution in [1.82, 2.24) is 9.88 Å². The van der Waals surface area contributed by atoms with E-state index < -0.39 is 0 Å². The number of aromatic nitrogens is 1. The molecule has 1 aromatic heterocycles. The number of Topliss-reactive ketones (excluding diaryl/α,β-unsaturated/α-hetero) is 1. The van der Waals surface area contributed by atoms with Gasteiger partial charge in [-0.05, 0) is 18.9 Å². The summed E-state index contributed by atoms with van der Waals surface area (Å²) in [5, 5.41) is 1.14. The molecule has 5 heteroatoms. The maximum Gasteiger partial charge on any atom is 0.175 e. The van der Waals surface area contributed by atoms with E-state index >= 15 is 0 Å². The molecule has 0 radical (unpaired) electrons. The highest BCUT2D eigenvalue weighted by molar-refractivity contribution is 7.99. The van der Waals surface area contributed by atoms with E-state index in [-0.39, 0.29) is 5.41 Å². The summed E-state index contributed by atoms with van der Waals surface area (Å²) in [4.78, 5) is 20.3. The van der Waals surface area contributed by atoms with E-state index in [4.69, 9.17) is 4.98 Å². The maximum absolute atomic E-state index is 12.2. The van der Waals surface area contributed by atoms with Gasteiger partial charge in [0, 0.05) is 24.5 Å². The summed E-state index contributed by atoms with van der Waals surface area (Å²) in [6.45, 7) is 5.43. The minimum Gasteiger partial charge on any atom is -0.296 e. The van der Waals surface area contributed by atoms with Crippen LogP contribution >= 0.6 is 23.1 Å². The van der Waals surface area contributed by atoms with Gasteiger partial charge in [0.25, 0.3) is 0 Å². The van der Waals surface area contributed by atoms with E-state index in [1.807, 2.05) is 11.8 Å². The molecule has 3 nitrogen and oxygen atoms in total. The minimum absolute atomic E-state index is 0.0721. The van der Waals surface area contributed by atoms with Gasteiger partial charge in [-0.2, -0.15) is 11.8 Å². The predicted octanol–water partition coefficient (Wildman–Crippen LogP) is 3.02. The van der Waals surface area contributed by atoms with Crippen LogP contribution in [0.4, 0.5) is 0 Å². The van der Waals surface area contributed by atoms with Crippen LogP contribution in [0.3, 0.4) is 0 Å². The SMILES string of the molecule is CN1CCSCC1c1nc2c(s1)C(=O)CC(C)(C)C2. The Kier molecular flexibility index (Phi) is 3.48. The van der Waals surface area contributed by atoms with Crippen molar-refractivity contribution in [2.75, 3.05) is 25.1 Å². The summed E-state index contributed by atoms with van der Waals surface area (Å²) in [5.41, 5.74) is 1.12. The van der Waals surface area contributed by atoms with Crippen molar-refractivity contribution in [2.45, 2.75) is 32.7 Å². The fourth-order valence-electron chi connectivity index (χ4n) is 2.83. The summed E-state index contributed by atoms with van der Waals surface area (Å²) in [5.74, 6) is 2.59. The summed E-state index contributed by atoms with van der Waals surface area (Å²) < 4.78 is 0. The first-order chi connectivity index (χ1) is 8.96. The number of nitrogens with zero attached hydrogens (tertiary/aromatic N) is 2. The molecular formula is C14H20N2OS2. The van der Waals surface area contributed by atoms with Crippen molar-refractivity contribution >= 4 is 28.9 Å². The Morgan fingerprint density at radius 2 is 2.16 bits per heavy atom. The van der Waals surface area contributed by atoms with Crippen LogP contribution in [0.15, 0.2) is 0 Å². The van der Waals surface area contributed by atoms with E-state index in [9.17, 15) is 4.79 Å². The zero-order chi connectivity index (χ0) is 13.6. The van der Waals surface area contributed by atoms with Crippen LogP contribution < -0.4 is 0 Å². The maximum atomic E-state index is 12.2. The van der Waals surface area contributed by atoms with Crippen LogP contribution in [0.5, 0.6) is 0 Å². The van der Waals surface area contributed by atoms with Crippen molar-refractivity contribution in [3.8, 4) is 0 Å². The third kappa shape index (κ3) is 2.60. The second kappa shape index (κ2) is 4.86. The molecule has 0 bridgehead atoms. The molecule has 1 fully saturated rings. The number of hydrogen-bond acceptors (Lipinski definition) is 5. The molecule has 0 N–H and O–H groups in total. The normalized spacial score (nSPS) is 27.3. The summed E-state index contributed by atoms with van der Waals surface area (Å²) in [7, 11) is 2.16. The van der Waals surface area contributed by atoms with Crippen molar-refractivity contribution in [3.63, 3.8) is 0 Å². The Hall–Kier alpha value is -0.390. The lowest BCUT2D eigenvalue weighted by Gasteiger charge is -2.30. The number of thiazole rings is 1. The van der Waals surface area contributed by atoms with E-state index in [0.29, 0.717) is 18.2 Å². The smallest absolute Gasteiger partial charge is 0.175 e. The molecule has 0 aromatic carbocycles. The monoisotopic (exact) mass is 296 g/mol. The lowest BCUT2D eigenvalue weighted by atomic mass is 9.78. The predicted molar refractivity (Wildman–Crippen MR) is 81.2 cm³/mol. The van der Waals surface area contributed by atoms with Crippen molar-refractivity contribution < 1.29 is 4.79 Å². The average molecular weight is 296 g/mol. The van der Waals surface area contributed by atoms with Gasteiger partial charge < -0.3 is 0 Å². The molecule has 2 heterocycles. The zero-order valence-corrected chi connectivity index (χ0v) is 13.4. The third-order valence-corrected chi connectivity index (χ3v) is 6.20. The Morgan fingerprint density at radius 3 is 2.89 bits per heavy atom. The van der Waals surface area contributed by atoms with Crippen LogP contribution in [-0.4, -0.2) is 40.8 Å². The van der Waals surface area contributed by atoms with Crippen molar-refractivity contribution in [2.24, 2.45) is 5.41 Å². The first-order valence-electron chi connectivity index (χ1n) is 6.77. The lowest BCUT2D eigenvalue weighted by molar-refractivity contribution is 0.0916. The fourth-order valence-corrected chi connectivity index (χ4v) is 5.34. The van der Waals surface area contributed by atoms with Crippen LogP contribution in [0.25, 0.3) is 0 Å². The van der Waals surface area contributed by atoms with Crippen LogP contribution in [0, 0.1) is 5.41 Å². The molecule has 0 spiro atoms. The van der Waals surface area contributed by atoms with E-state index in [1.54, 1.807) is 11.3 Å². The number of ketones is 1. The number of fused-ring (bicyclic) bond motifs is 1. The summed E-state index contributed by atoms with van der Waals surface area (Å²) in [6.07, 6.45) is 1.60. The molecule has 0 amide bonds. The number of carbonyl (C=O) groups is 1. The molecule has 1 saturated heterocycles. The summed E-state index contributed by atoms with van der Waals surface area (Å²) >= 11 is 3.63. The molecule has 0 saturated carbocycles. The Morgan fingerprint density at radius 1 is 1.37 bits per heavy atom. The summed E-state index contributed by atoms with van der Waals surface area (Å²) in [6, 6.07) is 0.394. The molecule has 1 aliphatic heterocycles. The van der Waals surface area contributed by atoms with E-state index in [2.05, 4.69) is 25.8 Å². The second-order valence-electron chi connectivity index (χ2n) is 6.34. The molecular weight excluding hydrogens is 276 g/mol. The number of rotatable bonds is 1. The van der Waals surface area contributed by atoms with E-state index in [0.717, 1.165) is 34.3 Å². The van der Waals surface area contributed by atoms with Gasteiger partial charge in [0.1, 0.15) is 5.01 Å². The van der Waals surface area contributed by atoms with Gasteiger partial charge in [-0.15, -0.1) is 11.3 Å². The first kappa shape index (κ1) is 13.6. The van der Waals surface area contributed by atoms with Crippen LogP contribution in [0.1, 0.15) is 46.7 Å². The highest BCUT2D eigenvalue weighted by Crippen LogP contribution is 2.40. The van der Waals surface area contributed by atoms with E-state index in [1.165, 1.54) is 5.75 Å². The van der Waals surface area contributed by atoms with Crippen molar-refractivity contribution in [1.29, 1.82) is 0 Å². The van der Waals surface area contributed by atoms with Gasteiger partial charge in [0.05, 0.1) is 16.6 Å². The zero-order valence-electron chi connectivity index (χ0n) is 11.7. The molecule has 3 rings (SSSR count). The second-order valence-corrected chi connectivity index (χ2v) is 8.52. The minimum atomic E-state index is 0.0721. The molecule has 104 valence electrons. The largest absolute Gasteiger partial charge is 0.296 e. The van der Waals surface area contributed by atoms with Gasteiger partial charge >= 0.3 is 0 Å².